The Morgan fingerprint density at radius 1 is 1.64 bits per heavy atom. The highest BCUT2D eigenvalue weighted by molar-refractivity contribution is 5.72. The summed E-state index contributed by atoms with van der Waals surface area (Å²) in [6.07, 6.45) is -0.0694. The second-order valence-electron chi connectivity index (χ2n) is 2.65. The molecule has 0 saturated carbocycles. The second kappa shape index (κ2) is 3.69. The SMILES string of the molecule is COC(=O)[C@@H]1COC[C@H](O)C1. The van der Waals surface area contributed by atoms with Crippen LogP contribution in [0.1, 0.15) is 6.42 Å². The summed E-state index contributed by atoms with van der Waals surface area (Å²) in [5.74, 6) is -0.590. The molecule has 11 heavy (non-hydrogen) atoms. The number of hydrogen-bond donors (Lipinski definition) is 1. The van der Waals surface area contributed by atoms with Crippen LogP contribution in [0.4, 0.5) is 0 Å². The minimum Gasteiger partial charge on any atom is -0.469 e. The van der Waals surface area contributed by atoms with Crippen molar-refractivity contribution in [1.82, 2.24) is 0 Å². The van der Waals surface area contributed by atoms with Crippen LogP contribution in [0.5, 0.6) is 0 Å². The van der Waals surface area contributed by atoms with Gasteiger partial charge in [-0.05, 0) is 6.42 Å². The molecule has 0 bridgehead atoms. The van der Waals surface area contributed by atoms with Gasteiger partial charge in [0.25, 0.3) is 0 Å². The van der Waals surface area contributed by atoms with Crippen LogP contribution in [0.15, 0.2) is 0 Å². The fraction of sp³-hybridized carbons (Fsp3) is 0.857. The number of carbonyl (C=O) groups excluding carboxylic acids is 1. The summed E-state index contributed by atoms with van der Waals surface area (Å²) in [5.41, 5.74) is 0. The highest BCUT2D eigenvalue weighted by Gasteiger charge is 2.27. The van der Waals surface area contributed by atoms with E-state index in [9.17, 15) is 4.79 Å². The van der Waals surface area contributed by atoms with Crippen LogP contribution in [-0.4, -0.2) is 37.5 Å². The first-order valence-corrected chi connectivity index (χ1v) is 3.57. The molecule has 2 atom stereocenters. The molecule has 1 heterocycles. The summed E-state index contributed by atoms with van der Waals surface area (Å²) in [5, 5.41) is 9.09. The van der Waals surface area contributed by atoms with Gasteiger partial charge in [-0.1, -0.05) is 0 Å². The molecule has 0 spiro atoms. The molecule has 0 aromatic heterocycles. The molecule has 1 aliphatic rings. The van der Waals surface area contributed by atoms with E-state index in [1.807, 2.05) is 0 Å². The maximum absolute atomic E-state index is 10.9. The molecule has 0 unspecified atom stereocenters. The summed E-state index contributed by atoms with van der Waals surface area (Å²) in [4.78, 5) is 10.9. The zero-order valence-corrected chi connectivity index (χ0v) is 6.45. The van der Waals surface area contributed by atoms with Crippen molar-refractivity contribution >= 4 is 5.97 Å². The lowest BCUT2D eigenvalue weighted by Crippen LogP contribution is -2.34. The highest BCUT2D eigenvalue weighted by atomic mass is 16.5. The predicted octanol–water partition coefficient (Wildman–Crippen LogP) is -0.443. The van der Waals surface area contributed by atoms with Crippen LogP contribution in [0.25, 0.3) is 0 Å². The number of aliphatic hydroxyl groups excluding tert-OH is 1. The normalized spacial score (nSPS) is 31.5. The van der Waals surface area contributed by atoms with E-state index < -0.39 is 6.10 Å². The van der Waals surface area contributed by atoms with E-state index in [0.717, 1.165) is 0 Å². The lowest BCUT2D eigenvalue weighted by molar-refractivity contribution is -0.153. The van der Waals surface area contributed by atoms with Gasteiger partial charge in [0.15, 0.2) is 0 Å². The van der Waals surface area contributed by atoms with Crippen LogP contribution in [0, 0.1) is 5.92 Å². The quantitative estimate of drug-likeness (QED) is 0.528. The molecule has 64 valence electrons. The second-order valence-corrected chi connectivity index (χ2v) is 2.65. The number of esters is 1. The fourth-order valence-electron chi connectivity index (χ4n) is 1.14. The Balaban J connectivity index is 2.39. The van der Waals surface area contributed by atoms with E-state index in [4.69, 9.17) is 9.84 Å². The zero-order valence-electron chi connectivity index (χ0n) is 6.45. The molecule has 0 amide bonds. The average Bonchev–Trinajstić information content (AvgIpc) is 2.03. The van der Waals surface area contributed by atoms with Crippen LogP contribution in [0.2, 0.25) is 0 Å². The largest absolute Gasteiger partial charge is 0.469 e. The van der Waals surface area contributed by atoms with Crippen LogP contribution >= 0.6 is 0 Å². The van der Waals surface area contributed by atoms with Gasteiger partial charge in [0.05, 0.1) is 32.3 Å². The van der Waals surface area contributed by atoms with Crippen molar-refractivity contribution in [2.75, 3.05) is 20.3 Å². The number of aliphatic hydroxyl groups is 1. The van der Waals surface area contributed by atoms with Crippen LogP contribution in [0.3, 0.4) is 0 Å². The van der Waals surface area contributed by atoms with Crippen molar-refractivity contribution < 1.29 is 19.4 Å². The van der Waals surface area contributed by atoms with Gasteiger partial charge in [0, 0.05) is 0 Å². The lowest BCUT2D eigenvalue weighted by atomic mass is 10.0. The number of methoxy groups -OCH3 is 1. The van der Waals surface area contributed by atoms with Gasteiger partial charge in [-0.3, -0.25) is 4.79 Å². The van der Waals surface area contributed by atoms with E-state index in [-0.39, 0.29) is 11.9 Å². The van der Waals surface area contributed by atoms with Crippen molar-refractivity contribution in [3.05, 3.63) is 0 Å². The summed E-state index contributed by atoms with van der Waals surface area (Å²) in [7, 11) is 1.34. The number of hydrogen-bond acceptors (Lipinski definition) is 4. The van der Waals surface area contributed by atoms with Gasteiger partial charge in [0.2, 0.25) is 0 Å². The van der Waals surface area contributed by atoms with E-state index in [0.29, 0.717) is 19.6 Å². The number of rotatable bonds is 1. The first kappa shape index (κ1) is 8.49. The van der Waals surface area contributed by atoms with Crippen molar-refractivity contribution in [2.24, 2.45) is 5.92 Å². The van der Waals surface area contributed by atoms with Gasteiger partial charge in [0.1, 0.15) is 0 Å². The Kier molecular flexibility index (Phi) is 2.84. The van der Waals surface area contributed by atoms with E-state index in [1.165, 1.54) is 7.11 Å². The number of ether oxygens (including phenoxy) is 2. The Morgan fingerprint density at radius 3 is 2.91 bits per heavy atom. The third kappa shape index (κ3) is 2.17. The maximum atomic E-state index is 10.9. The van der Waals surface area contributed by atoms with Crippen molar-refractivity contribution in [1.29, 1.82) is 0 Å². The van der Waals surface area contributed by atoms with E-state index >= 15 is 0 Å². The monoisotopic (exact) mass is 160 g/mol. The Labute approximate surface area is 65.1 Å². The maximum Gasteiger partial charge on any atom is 0.311 e. The van der Waals surface area contributed by atoms with E-state index in [1.54, 1.807) is 0 Å². The molecular weight excluding hydrogens is 148 g/mol. The van der Waals surface area contributed by atoms with Crippen molar-refractivity contribution in [2.45, 2.75) is 12.5 Å². The van der Waals surface area contributed by atoms with Crippen LogP contribution in [-0.2, 0) is 14.3 Å². The molecule has 0 aromatic rings. The zero-order chi connectivity index (χ0) is 8.27. The summed E-state index contributed by atoms with van der Waals surface area (Å²) in [6, 6.07) is 0. The molecule has 0 radical (unpaired) electrons. The van der Waals surface area contributed by atoms with Gasteiger partial charge in [-0.15, -0.1) is 0 Å². The smallest absolute Gasteiger partial charge is 0.311 e. The Morgan fingerprint density at radius 2 is 2.36 bits per heavy atom. The topological polar surface area (TPSA) is 55.8 Å². The molecule has 0 aromatic carbocycles. The third-order valence-corrected chi connectivity index (χ3v) is 1.72. The molecule has 4 heteroatoms. The molecule has 1 fully saturated rings. The first-order chi connectivity index (χ1) is 5.24. The standard InChI is InChI=1S/C7H12O4/c1-10-7(9)5-2-6(8)4-11-3-5/h5-6,8H,2-4H2,1H3/t5-,6+/m0/s1. The molecule has 4 nitrogen and oxygen atoms in total. The molecule has 1 N–H and O–H groups in total. The van der Waals surface area contributed by atoms with Gasteiger partial charge in [-0.25, -0.2) is 0 Å². The van der Waals surface area contributed by atoms with Crippen molar-refractivity contribution in [3.8, 4) is 0 Å². The molecule has 1 saturated heterocycles. The Hall–Kier alpha value is -0.610. The molecule has 0 aliphatic carbocycles. The summed E-state index contributed by atoms with van der Waals surface area (Å²) in [6.45, 7) is 0.692. The average molecular weight is 160 g/mol. The van der Waals surface area contributed by atoms with Gasteiger partial charge in [-0.2, -0.15) is 0 Å². The fourth-order valence-corrected chi connectivity index (χ4v) is 1.14. The minimum atomic E-state index is -0.521. The molecule has 1 rings (SSSR count). The van der Waals surface area contributed by atoms with Crippen LogP contribution < -0.4 is 0 Å². The summed E-state index contributed by atoms with van der Waals surface area (Å²) >= 11 is 0. The lowest BCUT2D eigenvalue weighted by Gasteiger charge is -2.23. The number of carbonyl (C=O) groups is 1. The van der Waals surface area contributed by atoms with Gasteiger partial charge >= 0.3 is 5.97 Å². The predicted molar refractivity (Wildman–Crippen MR) is 36.9 cm³/mol. The first-order valence-electron chi connectivity index (χ1n) is 3.57. The Bertz CT molecular complexity index is 145. The molecular formula is C7H12O4. The van der Waals surface area contributed by atoms with E-state index in [2.05, 4.69) is 4.74 Å². The molecule has 1 aliphatic heterocycles. The van der Waals surface area contributed by atoms with Gasteiger partial charge < -0.3 is 14.6 Å². The highest BCUT2D eigenvalue weighted by Crippen LogP contribution is 2.14. The minimum absolute atomic E-state index is 0.288. The summed E-state index contributed by atoms with van der Waals surface area (Å²) < 4.78 is 9.47. The van der Waals surface area contributed by atoms with Crippen molar-refractivity contribution in [3.63, 3.8) is 0 Å². The third-order valence-electron chi connectivity index (χ3n) is 1.72.